The van der Waals surface area contributed by atoms with Crippen molar-refractivity contribution in [2.75, 3.05) is 5.73 Å². The van der Waals surface area contributed by atoms with Gasteiger partial charge in [0, 0.05) is 6.54 Å². The van der Waals surface area contributed by atoms with Crippen molar-refractivity contribution in [1.82, 2.24) is 25.0 Å². The number of hydrogen-bond acceptors (Lipinski definition) is 6. The summed E-state index contributed by atoms with van der Waals surface area (Å²) in [5, 5.41) is 7.33. The number of hydrogen-bond donors (Lipinski definition) is 3. The van der Waals surface area contributed by atoms with E-state index in [-0.39, 0.29) is 17.1 Å². The Hall–Kier alpha value is -1.57. The van der Waals surface area contributed by atoms with Crippen LogP contribution < -0.4 is 11.2 Å². The third kappa shape index (κ3) is 1.64. The maximum absolute atomic E-state index is 11.2. The van der Waals surface area contributed by atoms with Crippen LogP contribution in [-0.4, -0.2) is 34.7 Å². The molecule has 0 spiro atoms. The molecule has 0 radical (unpaired) electrons. The molecule has 0 amide bonds. The second-order valence-corrected chi connectivity index (χ2v) is 4.54. The van der Waals surface area contributed by atoms with Gasteiger partial charge in [0.05, 0.1) is 0 Å². The molecule has 0 saturated carbocycles. The molecule has 0 aliphatic rings. The van der Waals surface area contributed by atoms with Gasteiger partial charge in [-0.15, -0.1) is 5.10 Å². The highest BCUT2D eigenvalue weighted by Gasteiger charge is 2.27. The maximum atomic E-state index is 11.2. The van der Waals surface area contributed by atoms with E-state index in [2.05, 4.69) is 20.3 Å². The van der Waals surface area contributed by atoms with Gasteiger partial charge in [0.2, 0.25) is 5.95 Å². The fourth-order valence-electron chi connectivity index (χ4n) is 1.27. The number of nitrogens with two attached hydrogens (primary N) is 1. The number of nitrogens with zero attached hydrogens (tertiary/aromatic N) is 5. The monoisotopic (exact) mass is 244 g/mol. The van der Waals surface area contributed by atoms with E-state index in [9.17, 15) is 4.57 Å². The van der Waals surface area contributed by atoms with E-state index in [0.717, 1.165) is 0 Å². The summed E-state index contributed by atoms with van der Waals surface area (Å²) in [5.74, 6) is -0.220. The summed E-state index contributed by atoms with van der Waals surface area (Å²) in [4.78, 5) is 25.5. The van der Waals surface area contributed by atoms with Gasteiger partial charge < -0.3 is 15.5 Å². The number of aromatic nitrogens is 5. The molecule has 9 nitrogen and oxygen atoms in total. The fraction of sp³-hybridized carbons (Fsp3) is 0.333. The first kappa shape index (κ1) is 10.9. The first-order valence-corrected chi connectivity index (χ1v) is 5.97. The van der Waals surface area contributed by atoms with Crippen LogP contribution >= 0.6 is 7.60 Å². The van der Waals surface area contributed by atoms with E-state index < -0.39 is 13.0 Å². The highest BCUT2D eigenvalue weighted by Crippen LogP contribution is 2.34. The van der Waals surface area contributed by atoms with E-state index in [1.165, 1.54) is 4.68 Å². The Kier molecular flexibility index (Phi) is 2.38. The standard InChI is InChI=1S/C6H9N6O3P/c1-2-12-4-3(10-11-12)5(16(13,14)15)9-6(7)8-4/h2H2,1H3,(H2,7,8,9)(H2,13,14,15). The van der Waals surface area contributed by atoms with Crippen LogP contribution in [0.15, 0.2) is 0 Å². The van der Waals surface area contributed by atoms with E-state index in [1.54, 1.807) is 6.92 Å². The SMILES string of the molecule is CCn1nnc2c(P(=O)(O)O)nc(N)nc21. The van der Waals surface area contributed by atoms with Gasteiger partial charge in [-0.1, -0.05) is 5.21 Å². The summed E-state index contributed by atoms with van der Waals surface area (Å²) >= 11 is 0. The lowest BCUT2D eigenvalue weighted by Gasteiger charge is -2.04. The molecular formula is C6H9N6O3P. The lowest BCUT2D eigenvalue weighted by Crippen LogP contribution is -2.15. The molecule has 2 rings (SSSR count). The molecule has 0 aliphatic heterocycles. The summed E-state index contributed by atoms with van der Waals surface area (Å²) in [7, 11) is -4.53. The van der Waals surface area contributed by atoms with Crippen molar-refractivity contribution in [1.29, 1.82) is 0 Å². The van der Waals surface area contributed by atoms with Crippen LogP contribution in [0.5, 0.6) is 0 Å². The molecular weight excluding hydrogens is 235 g/mol. The Morgan fingerprint density at radius 1 is 1.44 bits per heavy atom. The average molecular weight is 244 g/mol. The van der Waals surface area contributed by atoms with Gasteiger partial charge in [0.15, 0.2) is 16.6 Å². The molecule has 10 heteroatoms. The van der Waals surface area contributed by atoms with E-state index in [1.807, 2.05) is 0 Å². The molecule has 0 bridgehead atoms. The zero-order valence-corrected chi connectivity index (χ0v) is 9.16. The quantitative estimate of drug-likeness (QED) is 0.549. The van der Waals surface area contributed by atoms with Gasteiger partial charge in [-0.25, -0.2) is 9.67 Å². The van der Waals surface area contributed by atoms with Crippen molar-refractivity contribution in [3.63, 3.8) is 0 Å². The van der Waals surface area contributed by atoms with Crippen molar-refractivity contribution in [3.05, 3.63) is 0 Å². The molecule has 0 aliphatic carbocycles. The predicted octanol–water partition coefficient (Wildman–Crippen LogP) is -1.37. The lowest BCUT2D eigenvalue weighted by atomic mass is 10.5. The highest BCUT2D eigenvalue weighted by molar-refractivity contribution is 7.60. The lowest BCUT2D eigenvalue weighted by molar-refractivity contribution is 0.386. The summed E-state index contributed by atoms with van der Waals surface area (Å²) in [6.45, 7) is 2.26. The minimum Gasteiger partial charge on any atom is -0.368 e. The van der Waals surface area contributed by atoms with Gasteiger partial charge in [-0.05, 0) is 6.92 Å². The van der Waals surface area contributed by atoms with Crippen LogP contribution in [0.25, 0.3) is 11.2 Å². The topological polar surface area (TPSA) is 140 Å². The fourth-order valence-corrected chi connectivity index (χ4v) is 1.93. The predicted molar refractivity (Wildman–Crippen MR) is 54.9 cm³/mol. The van der Waals surface area contributed by atoms with Crippen molar-refractivity contribution < 1.29 is 14.4 Å². The zero-order valence-electron chi connectivity index (χ0n) is 8.27. The van der Waals surface area contributed by atoms with Crippen molar-refractivity contribution in [3.8, 4) is 0 Å². The van der Waals surface area contributed by atoms with E-state index in [0.29, 0.717) is 6.54 Å². The Bertz CT molecular complexity index is 589. The van der Waals surface area contributed by atoms with Gasteiger partial charge in [-0.2, -0.15) is 4.98 Å². The van der Waals surface area contributed by atoms with Gasteiger partial charge in [0.25, 0.3) is 0 Å². The Morgan fingerprint density at radius 3 is 2.69 bits per heavy atom. The number of fused-ring (bicyclic) bond motifs is 1. The molecule has 0 unspecified atom stereocenters. The number of rotatable bonds is 2. The van der Waals surface area contributed by atoms with E-state index in [4.69, 9.17) is 15.5 Å². The van der Waals surface area contributed by atoms with Crippen LogP contribution in [0.2, 0.25) is 0 Å². The first-order valence-electron chi connectivity index (χ1n) is 4.36. The molecule has 0 atom stereocenters. The van der Waals surface area contributed by atoms with E-state index >= 15 is 0 Å². The molecule has 16 heavy (non-hydrogen) atoms. The van der Waals surface area contributed by atoms with Crippen molar-refractivity contribution in [2.45, 2.75) is 13.5 Å². The first-order chi connectivity index (χ1) is 7.43. The van der Waals surface area contributed by atoms with Gasteiger partial charge >= 0.3 is 7.60 Å². The number of nitrogen functional groups attached to an aromatic ring is 1. The normalized spacial score (nSPS) is 12.2. The minimum absolute atomic E-state index is 0.0237. The molecule has 2 aromatic heterocycles. The smallest absolute Gasteiger partial charge is 0.368 e. The molecule has 86 valence electrons. The Labute approximate surface area is 89.5 Å². The maximum Gasteiger partial charge on any atom is 0.377 e. The van der Waals surface area contributed by atoms with Crippen LogP contribution in [-0.2, 0) is 11.1 Å². The largest absolute Gasteiger partial charge is 0.377 e. The molecule has 2 aromatic rings. The summed E-state index contributed by atoms with van der Waals surface area (Å²) in [6, 6.07) is 0. The second-order valence-electron chi connectivity index (χ2n) is 3.03. The van der Waals surface area contributed by atoms with Gasteiger partial charge in [0.1, 0.15) is 0 Å². The van der Waals surface area contributed by atoms with Crippen LogP contribution in [0.1, 0.15) is 6.92 Å². The number of anilines is 1. The summed E-state index contributed by atoms with van der Waals surface area (Å²) in [5.41, 5.74) is 5.07. The molecule has 0 fully saturated rings. The highest BCUT2D eigenvalue weighted by atomic mass is 31.2. The third-order valence-electron chi connectivity index (χ3n) is 1.94. The average Bonchev–Trinajstić information content (AvgIpc) is 2.57. The van der Waals surface area contributed by atoms with Crippen molar-refractivity contribution >= 4 is 30.1 Å². The minimum atomic E-state index is -4.53. The molecule has 4 N–H and O–H groups in total. The molecule has 0 aromatic carbocycles. The van der Waals surface area contributed by atoms with Crippen LogP contribution in [0, 0.1) is 0 Å². The second kappa shape index (κ2) is 3.48. The Balaban J connectivity index is 2.85. The molecule has 0 saturated heterocycles. The number of aryl methyl sites for hydroxylation is 1. The third-order valence-corrected chi connectivity index (χ3v) is 2.80. The van der Waals surface area contributed by atoms with Crippen LogP contribution in [0.4, 0.5) is 5.95 Å². The van der Waals surface area contributed by atoms with Crippen molar-refractivity contribution in [2.24, 2.45) is 0 Å². The zero-order chi connectivity index (χ0) is 11.9. The summed E-state index contributed by atoms with van der Waals surface area (Å²) in [6.07, 6.45) is 0. The molecule has 2 heterocycles. The van der Waals surface area contributed by atoms with Crippen LogP contribution in [0.3, 0.4) is 0 Å². The van der Waals surface area contributed by atoms with Gasteiger partial charge in [-0.3, -0.25) is 4.57 Å². The summed E-state index contributed by atoms with van der Waals surface area (Å²) < 4.78 is 12.5. The Morgan fingerprint density at radius 2 is 2.12 bits per heavy atom.